The summed E-state index contributed by atoms with van der Waals surface area (Å²) in [4.78, 5) is 19.3. The van der Waals surface area contributed by atoms with Gasteiger partial charge in [0.1, 0.15) is 6.61 Å². The molecule has 0 atom stereocenters. The number of carbonyl (C=O) groups excluding carboxylic acids is 1. The third-order valence-corrected chi connectivity index (χ3v) is 6.62. The normalized spacial score (nSPS) is 17.8. The van der Waals surface area contributed by atoms with Crippen molar-refractivity contribution in [3.8, 4) is 11.5 Å². The molecular weight excluding hydrogens is 504 g/mol. The molecule has 0 spiro atoms. The molecule has 0 saturated carbocycles. The van der Waals surface area contributed by atoms with E-state index in [9.17, 15) is 4.79 Å². The standard InChI is InChI=1S/C22H20BrClN2O4S/c1-28-18-11-15(10-17(23)20(18)30-13-14-2-4-16(24)5-3-14)12-19-21(27)25-22(31-19)26-6-8-29-9-7-26/h2-5,10-12H,6-9,13H2,1H3/b19-12-. The predicted molar refractivity (Wildman–Crippen MR) is 127 cm³/mol. The number of ether oxygens (including phenoxy) is 3. The first-order chi connectivity index (χ1) is 15.0. The van der Waals surface area contributed by atoms with E-state index in [0.717, 1.165) is 33.9 Å². The molecule has 0 bridgehead atoms. The third kappa shape index (κ3) is 5.44. The lowest BCUT2D eigenvalue weighted by atomic mass is 10.2. The summed E-state index contributed by atoms with van der Waals surface area (Å²) >= 11 is 10.9. The summed E-state index contributed by atoms with van der Waals surface area (Å²) in [7, 11) is 1.59. The van der Waals surface area contributed by atoms with Crippen LogP contribution in [0.4, 0.5) is 0 Å². The lowest BCUT2D eigenvalue weighted by molar-refractivity contribution is -0.113. The van der Waals surface area contributed by atoms with Crippen LogP contribution in [0.2, 0.25) is 5.02 Å². The van der Waals surface area contributed by atoms with Crippen LogP contribution in [0.3, 0.4) is 0 Å². The quantitative estimate of drug-likeness (QED) is 0.515. The molecule has 6 nitrogen and oxygen atoms in total. The van der Waals surface area contributed by atoms with Gasteiger partial charge in [-0.1, -0.05) is 23.7 Å². The Labute approximate surface area is 198 Å². The highest BCUT2D eigenvalue weighted by Gasteiger charge is 2.27. The van der Waals surface area contributed by atoms with Crippen LogP contribution < -0.4 is 9.47 Å². The summed E-state index contributed by atoms with van der Waals surface area (Å²) in [6.45, 7) is 3.15. The lowest BCUT2D eigenvalue weighted by Gasteiger charge is -2.27. The van der Waals surface area contributed by atoms with Gasteiger partial charge < -0.3 is 19.1 Å². The number of nitrogens with zero attached hydrogens (tertiary/aromatic N) is 2. The fourth-order valence-electron chi connectivity index (χ4n) is 3.14. The molecule has 162 valence electrons. The first-order valence-corrected chi connectivity index (χ1v) is 11.6. The first-order valence-electron chi connectivity index (χ1n) is 9.63. The van der Waals surface area contributed by atoms with Crippen LogP contribution >= 0.6 is 39.3 Å². The summed E-state index contributed by atoms with van der Waals surface area (Å²) in [5, 5.41) is 1.41. The van der Waals surface area contributed by atoms with Gasteiger partial charge in [0.25, 0.3) is 5.91 Å². The molecule has 0 N–H and O–H groups in total. The van der Waals surface area contributed by atoms with Gasteiger partial charge in [-0.3, -0.25) is 4.79 Å². The average Bonchev–Trinajstić information content (AvgIpc) is 3.14. The van der Waals surface area contributed by atoms with E-state index in [1.54, 1.807) is 7.11 Å². The summed E-state index contributed by atoms with van der Waals surface area (Å²) in [6, 6.07) is 11.2. The Morgan fingerprint density at radius 1 is 1.26 bits per heavy atom. The predicted octanol–water partition coefficient (Wildman–Crippen LogP) is 4.99. The zero-order valence-electron chi connectivity index (χ0n) is 16.8. The highest BCUT2D eigenvalue weighted by molar-refractivity contribution is 9.10. The molecule has 0 unspecified atom stereocenters. The minimum absolute atomic E-state index is 0.232. The number of morpholine rings is 1. The summed E-state index contributed by atoms with van der Waals surface area (Å²) in [5.41, 5.74) is 1.81. The molecule has 1 amide bonds. The Hall–Kier alpha value is -2.00. The van der Waals surface area contributed by atoms with E-state index in [0.29, 0.717) is 41.2 Å². The monoisotopic (exact) mass is 522 g/mol. The van der Waals surface area contributed by atoms with Crippen molar-refractivity contribution in [2.24, 2.45) is 4.99 Å². The minimum Gasteiger partial charge on any atom is -0.493 e. The van der Waals surface area contributed by atoms with E-state index < -0.39 is 0 Å². The van der Waals surface area contributed by atoms with Crippen molar-refractivity contribution in [3.05, 3.63) is 61.9 Å². The van der Waals surface area contributed by atoms with E-state index in [4.69, 9.17) is 25.8 Å². The number of halogens is 2. The van der Waals surface area contributed by atoms with Gasteiger partial charge in [0, 0.05) is 18.1 Å². The second-order valence-electron chi connectivity index (χ2n) is 6.86. The van der Waals surface area contributed by atoms with Crippen molar-refractivity contribution < 1.29 is 19.0 Å². The second kappa shape index (κ2) is 10.1. The Morgan fingerprint density at radius 3 is 2.71 bits per heavy atom. The zero-order chi connectivity index (χ0) is 21.8. The number of amidine groups is 1. The molecule has 2 aromatic rings. The SMILES string of the molecule is COc1cc(/C=C2\SC(N3CCOCC3)=NC2=O)cc(Br)c1OCc1ccc(Cl)cc1. The number of rotatable bonds is 5. The highest BCUT2D eigenvalue weighted by Crippen LogP contribution is 2.39. The molecule has 0 aromatic heterocycles. The van der Waals surface area contributed by atoms with Crippen LogP contribution in [0.5, 0.6) is 11.5 Å². The smallest absolute Gasteiger partial charge is 0.286 e. The van der Waals surface area contributed by atoms with Crippen molar-refractivity contribution in [3.63, 3.8) is 0 Å². The lowest BCUT2D eigenvalue weighted by Crippen LogP contribution is -2.38. The van der Waals surface area contributed by atoms with Gasteiger partial charge in [0.2, 0.25) is 0 Å². The second-order valence-corrected chi connectivity index (χ2v) is 9.16. The maximum Gasteiger partial charge on any atom is 0.286 e. The fourth-order valence-corrected chi connectivity index (χ4v) is 4.80. The molecule has 1 saturated heterocycles. The van der Waals surface area contributed by atoms with Crippen LogP contribution in [0.25, 0.3) is 6.08 Å². The van der Waals surface area contributed by atoms with Crippen molar-refractivity contribution >= 4 is 56.4 Å². The third-order valence-electron chi connectivity index (χ3n) is 4.74. The van der Waals surface area contributed by atoms with Gasteiger partial charge in [0.05, 0.1) is 29.7 Å². The Kier molecular flexibility index (Phi) is 7.22. The Balaban J connectivity index is 1.50. The van der Waals surface area contributed by atoms with Crippen molar-refractivity contribution in [1.29, 1.82) is 0 Å². The van der Waals surface area contributed by atoms with E-state index in [1.807, 2.05) is 42.5 Å². The fraction of sp³-hybridized carbons (Fsp3) is 0.273. The molecule has 2 aliphatic heterocycles. The average molecular weight is 524 g/mol. The van der Waals surface area contributed by atoms with Crippen LogP contribution in [-0.2, 0) is 16.1 Å². The van der Waals surface area contributed by atoms with E-state index >= 15 is 0 Å². The maximum absolute atomic E-state index is 12.4. The van der Waals surface area contributed by atoms with Crippen molar-refractivity contribution in [2.75, 3.05) is 33.4 Å². The Morgan fingerprint density at radius 2 is 2.00 bits per heavy atom. The molecule has 2 heterocycles. The molecule has 31 heavy (non-hydrogen) atoms. The van der Waals surface area contributed by atoms with Gasteiger partial charge in [0.15, 0.2) is 16.7 Å². The van der Waals surface area contributed by atoms with Gasteiger partial charge in [-0.15, -0.1) is 0 Å². The highest BCUT2D eigenvalue weighted by atomic mass is 79.9. The van der Waals surface area contributed by atoms with Gasteiger partial charge in [-0.2, -0.15) is 4.99 Å². The van der Waals surface area contributed by atoms with Crippen molar-refractivity contribution in [2.45, 2.75) is 6.61 Å². The van der Waals surface area contributed by atoms with Crippen molar-refractivity contribution in [1.82, 2.24) is 4.90 Å². The van der Waals surface area contributed by atoms with Crippen LogP contribution in [0.1, 0.15) is 11.1 Å². The minimum atomic E-state index is -0.232. The molecule has 2 aliphatic rings. The van der Waals surface area contributed by atoms with Crippen LogP contribution in [-0.4, -0.2) is 49.4 Å². The Bertz CT molecular complexity index is 1040. The van der Waals surface area contributed by atoms with Gasteiger partial charge in [-0.25, -0.2) is 0 Å². The maximum atomic E-state index is 12.4. The van der Waals surface area contributed by atoms with E-state index in [2.05, 4.69) is 25.8 Å². The van der Waals surface area contributed by atoms with Gasteiger partial charge >= 0.3 is 0 Å². The molecule has 4 rings (SSSR count). The molecule has 9 heteroatoms. The molecule has 0 aliphatic carbocycles. The molecule has 2 aromatic carbocycles. The summed E-state index contributed by atoms with van der Waals surface area (Å²) in [6.07, 6.45) is 1.82. The van der Waals surface area contributed by atoms with Crippen LogP contribution in [0.15, 0.2) is 50.8 Å². The molecule has 0 radical (unpaired) electrons. The van der Waals surface area contributed by atoms with Gasteiger partial charge in [-0.05, 0) is 69.2 Å². The number of thioether (sulfide) groups is 1. The largest absolute Gasteiger partial charge is 0.493 e. The van der Waals surface area contributed by atoms with E-state index in [1.165, 1.54) is 11.8 Å². The topological polar surface area (TPSA) is 60.4 Å². The number of benzene rings is 2. The summed E-state index contributed by atoms with van der Waals surface area (Å²) < 4.78 is 17.6. The number of amides is 1. The number of methoxy groups -OCH3 is 1. The zero-order valence-corrected chi connectivity index (χ0v) is 19.9. The molecule has 1 fully saturated rings. The molecular formula is C22H20BrClN2O4S. The van der Waals surface area contributed by atoms with Crippen LogP contribution in [0, 0.1) is 0 Å². The van der Waals surface area contributed by atoms with E-state index in [-0.39, 0.29) is 5.91 Å². The number of hydrogen-bond donors (Lipinski definition) is 0. The number of hydrogen-bond acceptors (Lipinski definition) is 6. The summed E-state index contributed by atoms with van der Waals surface area (Å²) in [5.74, 6) is 0.930. The number of carbonyl (C=O) groups is 1. The number of aliphatic imine (C=N–C) groups is 1. The first kappa shape index (κ1) is 22.2.